The number of aliphatic hydroxyl groups is 1. The molecule has 116 valence electrons. The number of hydrogen-bond donors (Lipinski definition) is 3. The maximum absolute atomic E-state index is 11.8. The lowest BCUT2D eigenvalue weighted by Gasteiger charge is -2.28. The normalized spacial score (nSPS) is 13.3. The number of amides is 1. The second kappa shape index (κ2) is 7.03. The van der Waals surface area contributed by atoms with Gasteiger partial charge in [-0.2, -0.15) is 0 Å². The van der Waals surface area contributed by atoms with E-state index in [4.69, 9.17) is 0 Å². The molecule has 0 heterocycles. The van der Waals surface area contributed by atoms with E-state index in [1.807, 2.05) is 6.92 Å². The van der Waals surface area contributed by atoms with E-state index >= 15 is 0 Å². The number of nitrogens with zero attached hydrogens (tertiary/aromatic N) is 1. The lowest BCUT2D eigenvalue weighted by molar-refractivity contribution is -0.384. The van der Waals surface area contributed by atoms with E-state index in [9.17, 15) is 20.0 Å². The number of hydrogen-bond acceptors (Lipinski definition) is 5. The number of carbonyl (C=O) groups excluding carboxylic acids is 1. The van der Waals surface area contributed by atoms with E-state index in [0.29, 0.717) is 18.5 Å². The Hall–Kier alpha value is -2.15. The van der Waals surface area contributed by atoms with E-state index < -0.39 is 10.5 Å². The molecule has 0 spiro atoms. The Balaban J connectivity index is 3.21. The van der Waals surface area contributed by atoms with Crippen molar-refractivity contribution in [3.63, 3.8) is 0 Å². The van der Waals surface area contributed by atoms with Gasteiger partial charge >= 0.3 is 0 Å². The molecule has 1 aromatic carbocycles. The number of carbonyl (C=O) groups is 1. The molecular weight excluding hydrogens is 274 g/mol. The first-order valence-electron chi connectivity index (χ1n) is 6.82. The third-order valence-corrected chi connectivity index (χ3v) is 3.36. The van der Waals surface area contributed by atoms with Crippen LogP contribution in [-0.4, -0.2) is 34.6 Å². The van der Waals surface area contributed by atoms with Crippen LogP contribution in [0.4, 0.5) is 11.4 Å². The van der Waals surface area contributed by atoms with Crippen molar-refractivity contribution in [3.8, 4) is 0 Å². The van der Waals surface area contributed by atoms with Crippen LogP contribution in [0, 0.1) is 10.1 Å². The van der Waals surface area contributed by atoms with Gasteiger partial charge in [-0.15, -0.1) is 0 Å². The molecule has 0 saturated heterocycles. The number of rotatable bonds is 7. The molecule has 0 fully saturated rings. The fraction of sp³-hybridized carbons (Fsp3) is 0.500. The van der Waals surface area contributed by atoms with Crippen molar-refractivity contribution in [1.82, 2.24) is 5.32 Å². The molecule has 1 atom stereocenters. The zero-order chi connectivity index (χ0) is 16.0. The van der Waals surface area contributed by atoms with Crippen LogP contribution in [0.3, 0.4) is 0 Å². The van der Waals surface area contributed by atoms with Crippen LogP contribution in [0.2, 0.25) is 0 Å². The van der Waals surface area contributed by atoms with E-state index in [1.165, 1.54) is 18.2 Å². The predicted molar refractivity (Wildman–Crippen MR) is 80.5 cm³/mol. The zero-order valence-corrected chi connectivity index (χ0v) is 12.5. The molecule has 1 unspecified atom stereocenters. The molecule has 7 nitrogen and oxygen atoms in total. The molecule has 1 rings (SSSR count). The van der Waals surface area contributed by atoms with E-state index in [-0.39, 0.29) is 23.9 Å². The van der Waals surface area contributed by atoms with E-state index in [1.54, 1.807) is 13.8 Å². The Morgan fingerprint density at radius 3 is 2.57 bits per heavy atom. The zero-order valence-electron chi connectivity index (χ0n) is 12.5. The van der Waals surface area contributed by atoms with Crippen molar-refractivity contribution in [3.05, 3.63) is 33.9 Å². The summed E-state index contributed by atoms with van der Waals surface area (Å²) in [7, 11) is 0. The van der Waals surface area contributed by atoms with Crippen molar-refractivity contribution in [2.45, 2.75) is 32.7 Å². The molecule has 0 bridgehead atoms. The minimum atomic E-state index is -0.690. The molecule has 0 aromatic heterocycles. The second-order valence-electron chi connectivity index (χ2n) is 5.05. The second-order valence-corrected chi connectivity index (χ2v) is 5.05. The highest BCUT2D eigenvalue weighted by atomic mass is 16.6. The lowest BCUT2D eigenvalue weighted by atomic mass is 9.99. The molecule has 1 amide bonds. The van der Waals surface area contributed by atoms with Crippen molar-refractivity contribution in [1.29, 1.82) is 0 Å². The fourth-order valence-electron chi connectivity index (χ4n) is 1.76. The Labute approximate surface area is 123 Å². The summed E-state index contributed by atoms with van der Waals surface area (Å²) in [6.45, 7) is 5.72. The van der Waals surface area contributed by atoms with Gasteiger partial charge in [0, 0.05) is 18.2 Å². The van der Waals surface area contributed by atoms with Gasteiger partial charge in [0.25, 0.3) is 11.6 Å². The van der Waals surface area contributed by atoms with Crippen LogP contribution in [-0.2, 0) is 0 Å². The SMILES string of the molecule is CCNC(=O)c1ccc([N+](=O)[O-])c(NC(C)(CC)CO)c1. The van der Waals surface area contributed by atoms with Gasteiger partial charge in [0.05, 0.1) is 17.1 Å². The molecule has 0 saturated carbocycles. The first-order valence-corrected chi connectivity index (χ1v) is 6.82. The van der Waals surface area contributed by atoms with Gasteiger partial charge in [0.15, 0.2) is 0 Å². The molecule has 0 aliphatic rings. The van der Waals surface area contributed by atoms with Crippen molar-refractivity contribution >= 4 is 17.3 Å². The number of anilines is 1. The monoisotopic (exact) mass is 295 g/mol. The summed E-state index contributed by atoms with van der Waals surface area (Å²) in [5.41, 5.74) is -0.260. The Morgan fingerprint density at radius 2 is 2.10 bits per heavy atom. The Bertz CT molecular complexity index is 527. The summed E-state index contributed by atoms with van der Waals surface area (Å²) in [6.07, 6.45) is 0.575. The molecule has 7 heteroatoms. The van der Waals surface area contributed by atoms with Crippen LogP contribution in [0.5, 0.6) is 0 Å². The van der Waals surface area contributed by atoms with Gasteiger partial charge in [-0.1, -0.05) is 6.92 Å². The maximum Gasteiger partial charge on any atom is 0.292 e. The molecule has 3 N–H and O–H groups in total. The maximum atomic E-state index is 11.8. The Morgan fingerprint density at radius 1 is 1.43 bits per heavy atom. The minimum absolute atomic E-state index is 0.129. The third kappa shape index (κ3) is 4.16. The van der Waals surface area contributed by atoms with Crippen LogP contribution >= 0.6 is 0 Å². The number of nitro groups is 1. The van der Waals surface area contributed by atoms with Crippen molar-refractivity contribution in [2.24, 2.45) is 0 Å². The summed E-state index contributed by atoms with van der Waals surface area (Å²) in [5.74, 6) is -0.294. The summed E-state index contributed by atoms with van der Waals surface area (Å²) in [4.78, 5) is 22.4. The highest BCUT2D eigenvalue weighted by Gasteiger charge is 2.25. The topological polar surface area (TPSA) is 104 Å². The average molecular weight is 295 g/mol. The summed E-state index contributed by atoms with van der Waals surface area (Å²) in [5, 5.41) is 26.1. The largest absolute Gasteiger partial charge is 0.394 e. The van der Waals surface area contributed by atoms with Crippen LogP contribution in [0.25, 0.3) is 0 Å². The first kappa shape index (κ1) is 16.9. The van der Waals surface area contributed by atoms with Gasteiger partial charge in [-0.3, -0.25) is 14.9 Å². The van der Waals surface area contributed by atoms with Crippen molar-refractivity contribution in [2.75, 3.05) is 18.5 Å². The highest BCUT2D eigenvalue weighted by Crippen LogP contribution is 2.29. The lowest BCUT2D eigenvalue weighted by Crippen LogP contribution is -2.38. The number of nitro benzene ring substituents is 1. The minimum Gasteiger partial charge on any atom is -0.394 e. The predicted octanol–water partition coefficient (Wildman–Crippen LogP) is 1.92. The van der Waals surface area contributed by atoms with Crippen molar-refractivity contribution < 1.29 is 14.8 Å². The summed E-state index contributed by atoms with van der Waals surface area (Å²) >= 11 is 0. The molecule has 1 aromatic rings. The Kier molecular flexibility index (Phi) is 5.66. The smallest absolute Gasteiger partial charge is 0.292 e. The molecule has 0 aliphatic heterocycles. The van der Waals surface area contributed by atoms with Crippen LogP contribution in [0.15, 0.2) is 18.2 Å². The van der Waals surface area contributed by atoms with E-state index in [0.717, 1.165) is 0 Å². The fourth-order valence-corrected chi connectivity index (χ4v) is 1.76. The molecule has 21 heavy (non-hydrogen) atoms. The molecule has 0 aliphatic carbocycles. The highest BCUT2D eigenvalue weighted by molar-refractivity contribution is 5.95. The summed E-state index contributed by atoms with van der Waals surface area (Å²) in [6, 6.07) is 4.14. The summed E-state index contributed by atoms with van der Waals surface area (Å²) < 4.78 is 0. The van der Waals surface area contributed by atoms with Gasteiger partial charge in [0.2, 0.25) is 0 Å². The van der Waals surface area contributed by atoms with E-state index in [2.05, 4.69) is 10.6 Å². The first-order chi connectivity index (χ1) is 9.86. The standard InChI is InChI=1S/C14H21N3O4/c1-4-14(3,9-18)16-11-8-10(13(19)15-5-2)6-7-12(11)17(20)21/h6-8,16,18H,4-5,9H2,1-3H3,(H,15,19). The van der Waals surface area contributed by atoms with Crippen LogP contribution < -0.4 is 10.6 Å². The third-order valence-electron chi connectivity index (χ3n) is 3.36. The van der Waals surface area contributed by atoms with Gasteiger partial charge in [-0.05, 0) is 32.4 Å². The molecule has 0 radical (unpaired) electrons. The van der Waals surface area contributed by atoms with Crippen LogP contribution in [0.1, 0.15) is 37.6 Å². The number of nitrogens with one attached hydrogen (secondary N) is 2. The molecular formula is C14H21N3O4. The average Bonchev–Trinajstić information content (AvgIpc) is 2.47. The number of aliphatic hydroxyl groups excluding tert-OH is 1. The van der Waals surface area contributed by atoms with Gasteiger partial charge in [-0.25, -0.2) is 0 Å². The number of benzene rings is 1. The quantitative estimate of drug-likeness (QED) is 0.526. The van der Waals surface area contributed by atoms with Gasteiger partial charge < -0.3 is 15.7 Å². The van der Waals surface area contributed by atoms with Gasteiger partial charge in [0.1, 0.15) is 5.69 Å².